The van der Waals surface area contributed by atoms with Crippen molar-refractivity contribution in [2.45, 2.75) is 18.0 Å². The molecule has 166 valence electrons. The molecule has 0 saturated heterocycles. The summed E-state index contributed by atoms with van der Waals surface area (Å²) in [5, 5.41) is 12.7. The highest BCUT2D eigenvalue weighted by atomic mass is 32.2. The fourth-order valence-electron chi connectivity index (χ4n) is 3.53. The molecule has 11 heteroatoms. The number of nitrogens with zero attached hydrogens (tertiary/aromatic N) is 3. The van der Waals surface area contributed by atoms with E-state index in [1.54, 1.807) is 4.90 Å². The molecule has 0 fully saturated rings. The largest absolute Gasteiger partial charge is 0.501 e. The number of sulfone groups is 1. The summed E-state index contributed by atoms with van der Waals surface area (Å²) in [5.74, 6) is -2.19. The van der Waals surface area contributed by atoms with Gasteiger partial charge in [0.15, 0.2) is 15.5 Å². The predicted molar refractivity (Wildman–Crippen MR) is 114 cm³/mol. The third-order valence-electron chi connectivity index (χ3n) is 5.06. The number of nitrogens with one attached hydrogen (secondary N) is 1. The van der Waals surface area contributed by atoms with E-state index in [4.69, 9.17) is 0 Å². The van der Waals surface area contributed by atoms with E-state index in [1.807, 2.05) is 30.3 Å². The molecule has 0 radical (unpaired) electrons. The number of anilines is 2. The molecule has 2 N–H and O–H groups in total. The molecule has 0 aliphatic carbocycles. The Bertz CT molecular complexity index is 1370. The minimum atomic E-state index is -3.75. The molecule has 0 unspecified atom stereocenters. The van der Waals surface area contributed by atoms with Crippen LogP contribution in [0.15, 0.2) is 58.2 Å². The molecule has 32 heavy (non-hydrogen) atoms. The van der Waals surface area contributed by atoms with Gasteiger partial charge in [0.05, 0.1) is 4.90 Å². The van der Waals surface area contributed by atoms with Crippen molar-refractivity contribution in [3.05, 3.63) is 76.0 Å². The molecular formula is C21H19FN4O5S. The summed E-state index contributed by atoms with van der Waals surface area (Å²) < 4.78 is 38.7. The highest BCUT2D eigenvalue weighted by Crippen LogP contribution is 2.28. The molecule has 0 spiro atoms. The summed E-state index contributed by atoms with van der Waals surface area (Å²) in [4.78, 5) is 31.0. The van der Waals surface area contributed by atoms with E-state index in [1.165, 1.54) is 10.6 Å². The Morgan fingerprint density at radius 3 is 2.59 bits per heavy atom. The highest BCUT2D eigenvalue weighted by Gasteiger charge is 2.29. The molecule has 2 heterocycles. The molecule has 9 nitrogen and oxygen atoms in total. The van der Waals surface area contributed by atoms with Gasteiger partial charge in [0.1, 0.15) is 5.82 Å². The number of fused-ring (bicyclic) bond motifs is 1. The van der Waals surface area contributed by atoms with Crippen LogP contribution in [0, 0.1) is 5.82 Å². The number of carbonyl (C=O) groups excluding carboxylic acids is 1. The third-order valence-corrected chi connectivity index (χ3v) is 6.24. The second-order valence-electron chi connectivity index (χ2n) is 7.26. The maximum Gasteiger partial charge on any atom is 0.298 e. The molecule has 1 aromatic heterocycles. The summed E-state index contributed by atoms with van der Waals surface area (Å²) in [5.41, 5.74) is -0.304. The first-order valence-corrected chi connectivity index (χ1v) is 11.5. The third kappa shape index (κ3) is 3.94. The average molecular weight is 458 g/mol. The summed E-state index contributed by atoms with van der Waals surface area (Å²) >= 11 is 0. The minimum absolute atomic E-state index is 0.158. The van der Waals surface area contributed by atoms with Crippen molar-refractivity contribution >= 4 is 27.4 Å². The number of benzene rings is 2. The normalized spacial score (nSPS) is 13.1. The van der Waals surface area contributed by atoms with Crippen molar-refractivity contribution in [1.29, 1.82) is 0 Å². The van der Waals surface area contributed by atoms with E-state index in [0.29, 0.717) is 13.1 Å². The Hall–Kier alpha value is -3.73. The van der Waals surface area contributed by atoms with Crippen LogP contribution < -0.4 is 15.8 Å². The molecule has 0 saturated carbocycles. The number of hydrogen-bond donors (Lipinski definition) is 2. The monoisotopic (exact) mass is 458 g/mol. The summed E-state index contributed by atoms with van der Waals surface area (Å²) in [6, 6.07) is 12.3. The van der Waals surface area contributed by atoms with Gasteiger partial charge >= 0.3 is 0 Å². The zero-order chi connectivity index (χ0) is 23.0. The quantitative estimate of drug-likeness (QED) is 0.595. The van der Waals surface area contributed by atoms with E-state index < -0.39 is 38.6 Å². The van der Waals surface area contributed by atoms with Gasteiger partial charge in [0.25, 0.3) is 11.5 Å². The number of para-hydroxylation sites is 1. The van der Waals surface area contributed by atoms with Gasteiger partial charge in [-0.15, -0.1) is 0 Å². The van der Waals surface area contributed by atoms with Crippen LogP contribution in [-0.4, -0.2) is 41.8 Å². The van der Waals surface area contributed by atoms with Gasteiger partial charge in [-0.1, -0.05) is 24.3 Å². The van der Waals surface area contributed by atoms with Gasteiger partial charge in [-0.3, -0.25) is 14.2 Å². The SMILES string of the molecule is CS(=O)(=O)c1cc(F)ccc1CNC(=O)c1nc2n(c(=O)c1O)CCN2c1ccccc1. The first kappa shape index (κ1) is 21.5. The molecule has 4 rings (SSSR count). The lowest BCUT2D eigenvalue weighted by Crippen LogP contribution is -2.29. The van der Waals surface area contributed by atoms with Gasteiger partial charge in [-0.2, -0.15) is 0 Å². The Morgan fingerprint density at radius 1 is 1.19 bits per heavy atom. The number of halogens is 1. The summed E-state index contributed by atoms with van der Waals surface area (Å²) in [6.07, 6.45) is 0.931. The minimum Gasteiger partial charge on any atom is -0.501 e. The van der Waals surface area contributed by atoms with Gasteiger partial charge in [-0.05, 0) is 29.8 Å². The van der Waals surface area contributed by atoms with Crippen molar-refractivity contribution in [3.63, 3.8) is 0 Å². The van der Waals surface area contributed by atoms with E-state index in [9.17, 15) is 27.5 Å². The number of carbonyl (C=O) groups is 1. The Balaban J connectivity index is 1.65. The van der Waals surface area contributed by atoms with Crippen LogP contribution in [0.3, 0.4) is 0 Å². The van der Waals surface area contributed by atoms with Crippen molar-refractivity contribution in [1.82, 2.24) is 14.9 Å². The number of rotatable bonds is 5. The van der Waals surface area contributed by atoms with E-state index >= 15 is 0 Å². The lowest BCUT2D eigenvalue weighted by Gasteiger charge is -2.18. The van der Waals surface area contributed by atoms with E-state index in [-0.39, 0.29) is 23.0 Å². The highest BCUT2D eigenvalue weighted by molar-refractivity contribution is 7.90. The van der Waals surface area contributed by atoms with Crippen molar-refractivity contribution < 1.29 is 22.7 Å². The summed E-state index contributed by atoms with van der Waals surface area (Å²) in [6.45, 7) is 0.451. The number of aromatic hydroxyl groups is 1. The Morgan fingerprint density at radius 2 is 1.91 bits per heavy atom. The standard InChI is InChI=1S/C21H19FN4O5S/c1-32(30,31)16-11-14(22)8-7-13(16)12-23-19(28)17-18(27)20(29)26-10-9-25(21(26)24-17)15-5-3-2-4-6-15/h2-8,11,27H,9-10,12H2,1H3,(H,23,28). The molecule has 1 aliphatic rings. The van der Waals surface area contributed by atoms with E-state index in [2.05, 4.69) is 10.3 Å². The Kier molecular flexibility index (Phi) is 5.43. The van der Waals surface area contributed by atoms with Crippen LogP contribution in [0.1, 0.15) is 16.1 Å². The lowest BCUT2D eigenvalue weighted by molar-refractivity contribution is 0.0942. The molecule has 2 aromatic carbocycles. The second-order valence-corrected chi connectivity index (χ2v) is 9.24. The predicted octanol–water partition coefficient (Wildman–Crippen LogP) is 1.57. The van der Waals surface area contributed by atoms with Crippen LogP contribution in [0.4, 0.5) is 16.0 Å². The van der Waals surface area contributed by atoms with Crippen LogP contribution in [0.5, 0.6) is 5.75 Å². The summed E-state index contributed by atoms with van der Waals surface area (Å²) in [7, 11) is -3.75. The number of amides is 1. The second kappa shape index (κ2) is 8.08. The van der Waals surface area contributed by atoms with Crippen molar-refractivity contribution in [2.24, 2.45) is 0 Å². The molecule has 0 bridgehead atoms. The lowest BCUT2D eigenvalue weighted by atomic mass is 10.2. The topological polar surface area (TPSA) is 122 Å². The Labute approximate surface area is 182 Å². The van der Waals surface area contributed by atoms with Gasteiger partial charge in [-0.25, -0.2) is 17.8 Å². The number of aromatic nitrogens is 2. The van der Waals surface area contributed by atoms with Gasteiger partial charge < -0.3 is 15.3 Å². The maximum absolute atomic E-state index is 13.5. The molecular weight excluding hydrogens is 439 g/mol. The number of hydrogen-bond acceptors (Lipinski definition) is 7. The van der Waals surface area contributed by atoms with Crippen LogP contribution in [0.25, 0.3) is 0 Å². The van der Waals surface area contributed by atoms with Crippen LogP contribution in [0.2, 0.25) is 0 Å². The maximum atomic E-state index is 13.5. The fraction of sp³-hybridized carbons (Fsp3) is 0.190. The van der Waals surface area contributed by atoms with Crippen molar-refractivity contribution in [2.75, 3.05) is 17.7 Å². The molecule has 0 atom stereocenters. The molecule has 3 aromatic rings. The molecule has 1 aliphatic heterocycles. The zero-order valence-corrected chi connectivity index (χ0v) is 17.8. The van der Waals surface area contributed by atoms with Crippen LogP contribution >= 0.6 is 0 Å². The first-order chi connectivity index (χ1) is 15.2. The van der Waals surface area contributed by atoms with Gasteiger partial charge in [0.2, 0.25) is 11.7 Å². The molecule has 1 amide bonds. The van der Waals surface area contributed by atoms with Crippen molar-refractivity contribution in [3.8, 4) is 5.75 Å². The average Bonchev–Trinajstić information content (AvgIpc) is 3.19. The first-order valence-electron chi connectivity index (χ1n) is 9.60. The zero-order valence-electron chi connectivity index (χ0n) is 16.9. The van der Waals surface area contributed by atoms with Crippen LogP contribution in [-0.2, 0) is 22.9 Å². The smallest absolute Gasteiger partial charge is 0.298 e. The van der Waals surface area contributed by atoms with E-state index in [0.717, 1.165) is 24.1 Å². The fourth-order valence-corrected chi connectivity index (χ4v) is 4.47. The van der Waals surface area contributed by atoms with Gasteiger partial charge in [0, 0.05) is 31.6 Å².